The van der Waals surface area contributed by atoms with Crippen molar-refractivity contribution in [1.82, 2.24) is 34.8 Å². The number of aryl methyl sites for hydroxylation is 1. The van der Waals surface area contributed by atoms with E-state index < -0.39 is 0 Å². The topological polar surface area (TPSA) is 89.0 Å². The zero-order chi connectivity index (χ0) is 19.1. The zero-order valence-electron chi connectivity index (χ0n) is 15.8. The van der Waals surface area contributed by atoms with E-state index in [0.29, 0.717) is 17.4 Å². The van der Waals surface area contributed by atoms with E-state index in [1.54, 1.807) is 10.9 Å². The highest BCUT2D eigenvalue weighted by Crippen LogP contribution is 2.28. The molecule has 0 aliphatic carbocycles. The Hall–Kier alpha value is -3.33. The average molecular weight is 376 g/mol. The minimum Gasteiger partial charge on any atom is -0.369 e. The molecule has 0 saturated carbocycles. The van der Waals surface area contributed by atoms with Crippen LogP contribution in [0.3, 0.4) is 0 Å². The largest absolute Gasteiger partial charge is 0.369 e. The maximum Gasteiger partial charge on any atom is 0.277 e. The van der Waals surface area contributed by atoms with Crippen LogP contribution >= 0.6 is 0 Å². The van der Waals surface area contributed by atoms with Gasteiger partial charge in [-0.15, -0.1) is 0 Å². The molecule has 3 aromatic heterocycles. The van der Waals surface area contributed by atoms with Gasteiger partial charge in [-0.05, 0) is 19.2 Å². The van der Waals surface area contributed by atoms with Crippen molar-refractivity contribution < 1.29 is 4.52 Å². The van der Waals surface area contributed by atoms with E-state index in [-0.39, 0.29) is 0 Å². The van der Waals surface area contributed by atoms with Crippen LogP contribution in [-0.2, 0) is 7.05 Å². The molecule has 9 heteroatoms. The summed E-state index contributed by atoms with van der Waals surface area (Å²) >= 11 is 0. The summed E-state index contributed by atoms with van der Waals surface area (Å²) in [4.78, 5) is 17.9. The van der Waals surface area contributed by atoms with Crippen LogP contribution in [0.5, 0.6) is 0 Å². The second-order valence-electron chi connectivity index (χ2n) is 6.99. The van der Waals surface area contributed by atoms with E-state index in [1.165, 1.54) is 12.0 Å². The molecule has 142 valence electrons. The normalized spacial score (nSPS) is 15.4. The lowest BCUT2D eigenvalue weighted by molar-refractivity contribution is 0.313. The number of nitrogens with zero attached hydrogens (tertiary/aromatic N) is 8. The molecule has 0 amide bonds. The Kier molecular flexibility index (Phi) is 4.01. The number of hydrogen-bond acceptors (Lipinski definition) is 8. The minimum atomic E-state index is 0.361. The molecule has 1 saturated heterocycles. The van der Waals surface area contributed by atoms with Gasteiger partial charge in [0.15, 0.2) is 5.65 Å². The Morgan fingerprint density at radius 1 is 1.04 bits per heavy atom. The van der Waals surface area contributed by atoms with Crippen LogP contribution in [0.4, 0.5) is 5.69 Å². The number of rotatable bonds is 3. The zero-order valence-corrected chi connectivity index (χ0v) is 15.8. The number of piperazine rings is 1. The highest BCUT2D eigenvalue weighted by Gasteiger charge is 2.18. The van der Waals surface area contributed by atoms with E-state index in [0.717, 1.165) is 42.8 Å². The fourth-order valence-electron chi connectivity index (χ4n) is 3.48. The molecule has 5 rings (SSSR count). The molecule has 9 nitrogen and oxygen atoms in total. The summed E-state index contributed by atoms with van der Waals surface area (Å²) in [7, 11) is 3.99. The Morgan fingerprint density at radius 3 is 2.75 bits per heavy atom. The Morgan fingerprint density at radius 2 is 1.89 bits per heavy atom. The second-order valence-corrected chi connectivity index (χ2v) is 6.99. The molecule has 1 aromatic carbocycles. The van der Waals surface area contributed by atoms with Gasteiger partial charge in [0, 0.05) is 44.5 Å². The maximum absolute atomic E-state index is 5.51. The van der Waals surface area contributed by atoms with E-state index in [2.05, 4.69) is 54.2 Å². The van der Waals surface area contributed by atoms with Gasteiger partial charge in [-0.2, -0.15) is 10.1 Å². The van der Waals surface area contributed by atoms with Crippen molar-refractivity contribution in [1.29, 1.82) is 0 Å². The van der Waals surface area contributed by atoms with E-state index in [4.69, 9.17) is 4.52 Å². The predicted molar refractivity (Wildman–Crippen MR) is 105 cm³/mol. The van der Waals surface area contributed by atoms with Crippen molar-refractivity contribution in [3.05, 3.63) is 36.8 Å². The van der Waals surface area contributed by atoms with E-state index in [9.17, 15) is 0 Å². The SMILES string of the molecule is CN1CCN(c2cccc(-c3noc(-c4ncnc5c4cnn5C)n3)c2)CC1. The van der Waals surface area contributed by atoms with Gasteiger partial charge < -0.3 is 14.3 Å². The number of fused-ring (bicyclic) bond motifs is 1. The molecule has 0 radical (unpaired) electrons. The molecule has 0 unspecified atom stereocenters. The van der Waals surface area contributed by atoms with Crippen molar-refractivity contribution in [2.75, 3.05) is 38.1 Å². The van der Waals surface area contributed by atoms with Gasteiger partial charge in [0.05, 0.1) is 11.6 Å². The first-order valence-corrected chi connectivity index (χ1v) is 9.20. The molecule has 0 spiro atoms. The molecular formula is C19H20N8O. The van der Waals surface area contributed by atoms with E-state index >= 15 is 0 Å². The van der Waals surface area contributed by atoms with Crippen molar-refractivity contribution in [3.63, 3.8) is 0 Å². The molecule has 1 aliphatic rings. The van der Waals surface area contributed by atoms with Gasteiger partial charge in [0.1, 0.15) is 12.0 Å². The molecule has 1 fully saturated rings. The smallest absolute Gasteiger partial charge is 0.277 e. The van der Waals surface area contributed by atoms with Crippen LogP contribution in [0.1, 0.15) is 0 Å². The third kappa shape index (κ3) is 2.89. The second kappa shape index (κ2) is 6.68. The summed E-state index contributed by atoms with van der Waals surface area (Å²) in [5.41, 5.74) is 3.41. The molecular weight excluding hydrogens is 356 g/mol. The van der Waals surface area contributed by atoms with Crippen molar-refractivity contribution in [2.24, 2.45) is 7.05 Å². The van der Waals surface area contributed by atoms with E-state index in [1.807, 2.05) is 19.2 Å². The van der Waals surface area contributed by atoms with Gasteiger partial charge in [-0.25, -0.2) is 9.97 Å². The molecule has 28 heavy (non-hydrogen) atoms. The fraction of sp³-hybridized carbons (Fsp3) is 0.316. The quantitative estimate of drug-likeness (QED) is 0.535. The van der Waals surface area contributed by atoms with Gasteiger partial charge in [0.2, 0.25) is 5.82 Å². The fourth-order valence-corrected chi connectivity index (χ4v) is 3.48. The Balaban J connectivity index is 1.47. The summed E-state index contributed by atoms with van der Waals surface area (Å²) in [6, 6.07) is 8.26. The monoisotopic (exact) mass is 376 g/mol. The third-order valence-electron chi connectivity index (χ3n) is 5.13. The molecule has 0 atom stereocenters. The molecule has 0 N–H and O–H groups in total. The predicted octanol–water partition coefficient (Wildman–Crippen LogP) is 1.83. The Labute approximate surface area is 161 Å². The summed E-state index contributed by atoms with van der Waals surface area (Å²) in [5, 5.41) is 9.19. The average Bonchev–Trinajstić information content (AvgIpc) is 3.36. The molecule has 0 bridgehead atoms. The lowest BCUT2D eigenvalue weighted by Gasteiger charge is -2.34. The lowest BCUT2D eigenvalue weighted by atomic mass is 10.1. The van der Waals surface area contributed by atoms with Crippen LogP contribution in [-0.4, -0.2) is 68.0 Å². The first kappa shape index (κ1) is 16.8. The van der Waals surface area contributed by atoms with Crippen LogP contribution in [0.25, 0.3) is 34.0 Å². The van der Waals surface area contributed by atoms with Gasteiger partial charge in [0.25, 0.3) is 5.89 Å². The molecule has 1 aliphatic heterocycles. The molecule has 4 aromatic rings. The summed E-state index contributed by atoms with van der Waals surface area (Å²) in [5.74, 6) is 0.905. The summed E-state index contributed by atoms with van der Waals surface area (Å²) in [6.45, 7) is 4.14. The summed E-state index contributed by atoms with van der Waals surface area (Å²) < 4.78 is 7.20. The molecule has 4 heterocycles. The Bertz CT molecular complexity index is 1130. The highest BCUT2D eigenvalue weighted by molar-refractivity contribution is 5.87. The van der Waals surface area contributed by atoms with Crippen LogP contribution in [0.2, 0.25) is 0 Å². The maximum atomic E-state index is 5.51. The highest BCUT2D eigenvalue weighted by atomic mass is 16.5. The number of likely N-dealkylation sites (N-methyl/N-ethyl adjacent to an activating group) is 1. The number of benzene rings is 1. The number of hydrogen-bond donors (Lipinski definition) is 0. The number of anilines is 1. The first-order valence-electron chi connectivity index (χ1n) is 9.20. The number of aromatic nitrogens is 6. The van der Waals surface area contributed by atoms with Gasteiger partial charge in [-0.3, -0.25) is 4.68 Å². The summed E-state index contributed by atoms with van der Waals surface area (Å²) in [6.07, 6.45) is 3.19. The van der Waals surface area contributed by atoms with Crippen molar-refractivity contribution in [3.8, 4) is 23.0 Å². The third-order valence-corrected chi connectivity index (χ3v) is 5.13. The lowest BCUT2D eigenvalue weighted by Crippen LogP contribution is -2.44. The standard InChI is InChI=1S/C19H20N8O/c1-25-6-8-27(9-7-25)14-5-3-4-13(10-14)17-23-19(28-24-17)16-15-11-22-26(2)18(15)21-12-20-16/h3-5,10-12H,6-9H2,1-2H3. The van der Waals surface area contributed by atoms with Crippen molar-refractivity contribution in [2.45, 2.75) is 0 Å². The van der Waals surface area contributed by atoms with Crippen LogP contribution in [0.15, 0.2) is 41.3 Å². The van der Waals surface area contributed by atoms with Crippen LogP contribution < -0.4 is 4.90 Å². The van der Waals surface area contributed by atoms with Gasteiger partial charge in [-0.1, -0.05) is 17.3 Å². The van der Waals surface area contributed by atoms with Crippen LogP contribution in [0, 0.1) is 0 Å². The van der Waals surface area contributed by atoms with Crippen molar-refractivity contribution >= 4 is 16.7 Å². The van der Waals surface area contributed by atoms with Gasteiger partial charge >= 0.3 is 0 Å². The minimum absolute atomic E-state index is 0.361. The first-order chi connectivity index (χ1) is 13.7.